The van der Waals surface area contributed by atoms with E-state index in [1.54, 1.807) is 0 Å². The van der Waals surface area contributed by atoms with E-state index in [0.29, 0.717) is 5.41 Å². The van der Waals surface area contributed by atoms with E-state index in [-0.39, 0.29) is 0 Å². The van der Waals surface area contributed by atoms with Gasteiger partial charge in [0, 0.05) is 37.7 Å². The number of rotatable bonds is 9. The quantitative estimate of drug-likeness (QED) is 0.657. The highest BCUT2D eigenvalue weighted by Gasteiger charge is 2.36. The highest BCUT2D eigenvalue weighted by Crippen LogP contribution is 2.29. The van der Waals surface area contributed by atoms with Gasteiger partial charge in [-0.3, -0.25) is 4.90 Å². The smallest absolute Gasteiger partial charge is 0.0547 e. The number of likely N-dealkylation sites (tertiary alicyclic amines) is 1. The zero-order valence-corrected chi connectivity index (χ0v) is 14.4. The molecule has 0 saturated carbocycles. The maximum atomic E-state index is 5.73. The van der Waals surface area contributed by atoms with Gasteiger partial charge >= 0.3 is 0 Å². The first-order chi connectivity index (χ1) is 10.2. The average Bonchev–Trinajstić information content (AvgIpc) is 3.09. The molecule has 0 amide bonds. The molecule has 0 aliphatic carbocycles. The van der Waals surface area contributed by atoms with Gasteiger partial charge in [-0.15, -0.1) is 0 Å². The Morgan fingerprint density at radius 1 is 1.38 bits per heavy atom. The van der Waals surface area contributed by atoms with Crippen molar-refractivity contribution in [2.45, 2.75) is 45.6 Å². The third-order valence-corrected chi connectivity index (χ3v) is 5.14. The molecular formula is C17H35N3O. The second-order valence-corrected chi connectivity index (χ2v) is 7.10. The maximum Gasteiger partial charge on any atom is 0.0547 e. The van der Waals surface area contributed by atoms with Crippen LogP contribution >= 0.6 is 0 Å². The molecule has 2 aliphatic heterocycles. The zero-order valence-electron chi connectivity index (χ0n) is 14.4. The van der Waals surface area contributed by atoms with Crippen molar-refractivity contribution in [3.05, 3.63) is 0 Å². The predicted molar refractivity (Wildman–Crippen MR) is 88.8 cm³/mol. The molecule has 0 aromatic heterocycles. The van der Waals surface area contributed by atoms with Crippen molar-refractivity contribution >= 4 is 0 Å². The summed E-state index contributed by atoms with van der Waals surface area (Å²) in [6.07, 6.45) is 5.16. The van der Waals surface area contributed by atoms with Crippen LogP contribution in [0.15, 0.2) is 0 Å². The minimum absolute atomic E-state index is 0.333. The Bertz CT molecular complexity index is 292. The minimum atomic E-state index is 0.333. The summed E-state index contributed by atoms with van der Waals surface area (Å²) in [4.78, 5) is 5.20. The molecule has 2 fully saturated rings. The number of hydrogen-bond donors (Lipinski definition) is 1. The highest BCUT2D eigenvalue weighted by molar-refractivity contribution is 4.89. The van der Waals surface area contributed by atoms with Crippen LogP contribution in [0.4, 0.5) is 0 Å². The van der Waals surface area contributed by atoms with Gasteiger partial charge in [-0.1, -0.05) is 13.8 Å². The van der Waals surface area contributed by atoms with Gasteiger partial charge in [0.2, 0.25) is 0 Å². The van der Waals surface area contributed by atoms with Crippen LogP contribution in [0.25, 0.3) is 0 Å². The summed E-state index contributed by atoms with van der Waals surface area (Å²) in [7, 11) is 2.30. The normalized spacial score (nSPS) is 30.6. The lowest BCUT2D eigenvalue weighted by Gasteiger charge is -2.35. The topological polar surface area (TPSA) is 27.7 Å². The van der Waals surface area contributed by atoms with E-state index in [1.807, 2.05) is 0 Å². The van der Waals surface area contributed by atoms with Crippen molar-refractivity contribution < 1.29 is 4.74 Å². The van der Waals surface area contributed by atoms with Crippen molar-refractivity contribution in [1.29, 1.82) is 0 Å². The summed E-state index contributed by atoms with van der Waals surface area (Å²) >= 11 is 0. The Morgan fingerprint density at radius 2 is 2.24 bits per heavy atom. The molecule has 2 unspecified atom stereocenters. The van der Waals surface area contributed by atoms with Gasteiger partial charge in [0.15, 0.2) is 0 Å². The SMILES string of the molecule is CCCNCC1(CN(C)CC2CCCN2CC)CCOC1. The minimum Gasteiger partial charge on any atom is -0.381 e. The highest BCUT2D eigenvalue weighted by atomic mass is 16.5. The molecule has 2 saturated heterocycles. The van der Waals surface area contributed by atoms with Gasteiger partial charge in [0.1, 0.15) is 0 Å². The average molecular weight is 297 g/mol. The number of ether oxygens (including phenoxy) is 1. The molecule has 0 aromatic rings. The molecule has 2 atom stereocenters. The fraction of sp³-hybridized carbons (Fsp3) is 1.00. The summed E-state index contributed by atoms with van der Waals surface area (Å²) in [5.41, 5.74) is 0.333. The van der Waals surface area contributed by atoms with Gasteiger partial charge in [-0.05, 0) is 52.4 Å². The molecule has 4 heteroatoms. The Hall–Kier alpha value is -0.160. The molecular weight excluding hydrogens is 262 g/mol. The molecule has 1 N–H and O–H groups in total. The lowest BCUT2D eigenvalue weighted by Crippen LogP contribution is -2.47. The summed E-state index contributed by atoms with van der Waals surface area (Å²) in [6.45, 7) is 13.5. The molecule has 4 nitrogen and oxygen atoms in total. The molecule has 2 rings (SSSR count). The second-order valence-electron chi connectivity index (χ2n) is 7.10. The van der Waals surface area contributed by atoms with Gasteiger partial charge in [-0.2, -0.15) is 0 Å². The summed E-state index contributed by atoms with van der Waals surface area (Å²) in [6, 6.07) is 0.767. The summed E-state index contributed by atoms with van der Waals surface area (Å²) < 4.78 is 5.73. The molecule has 124 valence electrons. The Labute approximate surface area is 131 Å². The van der Waals surface area contributed by atoms with Gasteiger partial charge in [-0.25, -0.2) is 0 Å². The third kappa shape index (κ3) is 4.92. The third-order valence-electron chi connectivity index (χ3n) is 5.14. The molecule has 0 aromatic carbocycles. The van der Waals surface area contributed by atoms with E-state index in [4.69, 9.17) is 4.74 Å². The van der Waals surface area contributed by atoms with E-state index in [9.17, 15) is 0 Å². The van der Waals surface area contributed by atoms with Crippen LogP contribution in [-0.4, -0.2) is 75.4 Å². The lowest BCUT2D eigenvalue weighted by atomic mass is 9.86. The van der Waals surface area contributed by atoms with E-state index in [0.717, 1.165) is 38.9 Å². The largest absolute Gasteiger partial charge is 0.381 e. The molecule has 21 heavy (non-hydrogen) atoms. The van der Waals surface area contributed by atoms with E-state index < -0.39 is 0 Å². The van der Waals surface area contributed by atoms with Crippen LogP contribution in [0, 0.1) is 5.41 Å². The van der Waals surface area contributed by atoms with Crippen molar-refractivity contribution in [1.82, 2.24) is 15.1 Å². The molecule has 0 bridgehead atoms. The van der Waals surface area contributed by atoms with Gasteiger partial charge in [0.05, 0.1) is 6.61 Å². The van der Waals surface area contributed by atoms with Crippen LogP contribution < -0.4 is 5.32 Å². The Morgan fingerprint density at radius 3 is 2.90 bits per heavy atom. The molecule has 0 radical (unpaired) electrons. The molecule has 0 spiro atoms. The van der Waals surface area contributed by atoms with Crippen molar-refractivity contribution in [2.75, 3.05) is 59.5 Å². The predicted octanol–water partition coefficient (Wildman–Crippen LogP) is 1.81. The van der Waals surface area contributed by atoms with E-state index in [2.05, 4.69) is 36.0 Å². The number of hydrogen-bond acceptors (Lipinski definition) is 4. The van der Waals surface area contributed by atoms with E-state index in [1.165, 1.54) is 45.3 Å². The van der Waals surface area contributed by atoms with Gasteiger partial charge < -0.3 is 15.0 Å². The van der Waals surface area contributed by atoms with Crippen LogP contribution in [0.1, 0.15) is 39.5 Å². The first-order valence-electron chi connectivity index (χ1n) is 8.90. The maximum absolute atomic E-state index is 5.73. The molecule has 2 heterocycles. The van der Waals surface area contributed by atoms with Gasteiger partial charge in [0.25, 0.3) is 0 Å². The van der Waals surface area contributed by atoms with Crippen molar-refractivity contribution in [3.63, 3.8) is 0 Å². The zero-order chi connectivity index (χ0) is 15.1. The number of nitrogens with zero attached hydrogens (tertiary/aromatic N) is 2. The lowest BCUT2D eigenvalue weighted by molar-refractivity contribution is 0.105. The standard InChI is InChI=1S/C17H35N3O/c1-4-9-18-13-17(8-11-21-15-17)14-19(3)12-16-7-6-10-20(16)5-2/h16,18H,4-15H2,1-3H3. The first-order valence-corrected chi connectivity index (χ1v) is 8.90. The number of nitrogens with one attached hydrogen (secondary N) is 1. The van der Waals surface area contributed by atoms with Crippen LogP contribution in [0.2, 0.25) is 0 Å². The van der Waals surface area contributed by atoms with Crippen molar-refractivity contribution in [3.8, 4) is 0 Å². The van der Waals surface area contributed by atoms with Crippen LogP contribution in [0.5, 0.6) is 0 Å². The van der Waals surface area contributed by atoms with E-state index >= 15 is 0 Å². The molecule has 2 aliphatic rings. The first kappa shape index (κ1) is 17.2. The van der Waals surface area contributed by atoms with Crippen molar-refractivity contribution in [2.24, 2.45) is 5.41 Å². The summed E-state index contributed by atoms with van der Waals surface area (Å²) in [5.74, 6) is 0. The van der Waals surface area contributed by atoms with Crippen LogP contribution in [-0.2, 0) is 4.74 Å². The fourth-order valence-electron chi connectivity index (χ4n) is 4.01. The Balaban J connectivity index is 1.81. The summed E-state index contributed by atoms with van der Waals surface area (Å²) in [5, 5.41) is 3.62. The van der Waals surface area contributed by atoms with Crippen LogP contribution in [0.3, 0.4) is 0 Å². The monoisotopic (exact) mass is 297 g/mol. The number of likely N-dealkylation sites (N-methyl/N-ethyl adjacent to an activating group) is 2. The fourth-order valence-corrected chi connectivity index (χ4v) is 4.01. The Kier molecular flexibility index (Phi) is 6.93. The second kappa shape index (κ2) is 8.47.